The maximum Gasteiger partial charge on any atom is 0.327 e. The number of aryl methyl sites for hydroxylation is 1. The van der Waals surface area contributed by atoms with Crippen LogP contribution in [0, 0.1) is 16.7 Å². The molecule has 0 saturated carbocycles. The molecule has 2 N–H and O–H groups in total. The molecule has 0 aromatic heterocycles. The predicted octanol–water partition coefficient (Wildman–Crippen LogP) is 4.57. The summed E-state index contributed by atoms with van der Waals surface area (Å²) in [4.78, 5) is 62.0. The van der Waals surface area contributed by atoms with Gasteiger partial charge < -0.3 is 24.4 Å². The van der Waals surface area contributed by atoms with Gasteiger partial charge in [0.2, 0.25) is 11.8 Å². The summed E-state index contributed by atoms with van der Waals surface area (Å²) in [6.07, 6.45) is 0.580. The van der Waals surface area contributed by atoms with Crippen LogP contribution in [0.3, 0.4) is 0 Å². The molecule has 0 aliphatic carbocycles. The zero-order valence-electron chi connectivity index (χ0n) is 27.2. The molecule has 2 amide bonds. The summed E-state index contributed by atoms with van der Waals surface area (Å²) < 4.78 is 28.4. The van der Waals surface area contributed by atoms with Gasteiger partial charge in [-0.15, -0.1) is 0 Å². The average molecular weight is 657 g/mol. The number of Topliss-reactive ketones (excluding diaryl/α,β-unsaturated/α-hetero) is 1. The quantitative estimate of drug-likeness (QED) is 0.160. The molecular weight excluding hydrogens is 607 g/mol. The Hall–Kier alpha value is -2.53. The van der Waals surface area contributed by atoms with Crippen molar-refractivity contribution in [3.05, 3.63) is 35.9 Å². The minimum Gasteiger partial charge on any atom is -0.469 e. The Morgan fingerprint density at radius 2 is 1.59 bits per heavy atom. The number of ether oxygens (including phenoxy) is 1. The monoisotopic (exact) mass is 656 g/mol. The molecule has 1 aromatic rings. The van der Waals surface area contributed by atoms with Gasteiger partial charge in [0.05, 0.1) is 39.2 Å². The van der Waals surface area contributed by atoms with E-state index in [-0.39, 0.29) is 61.6 Å². The summed E-state index contributed by atoms with van der Waals surface area (Å²) in [5.74, 6) is -1.82. The van der Waals surface area contributed by atoms with E-state index in [1.165, 1.54) is 13.8 Å². The number of methoxy groups -OCH3 is 1. The van der Waals surface area contributed by atoms with Gasteiger partial charge in [-0.25, -0.2) is 0 Å². The van der Waals surface area contributed by atoms with Crippen LogP contribution < -0.4 is 10.6 Å². The Bertz CT molecular complexity index is 1170. The first-order valence-electron chi connectivity index (χ1n) is 14.6. The van der Waals surface area contributed by atoms with Crippen molar-refractivity contribution in [3.8, 4) is 0 Å². The van der Waals surface area contributed by atoms with E-state index in [4.69, 9.17) is 9.05 Å². The molecule has 1 aromatic carbocycles. The van der Waals surface area contributed by atoms with Gasteiger partial charge in [0.25, 0.3) is 0 Å². The summed E-state index contributed by atoms with van der Waals surface area (Å²) in [5.41, 5.74) is -0.325. The van der Waals surface area contributed by atoms with Gasteiger partial charge in [0.15, 0.2) is 10.9 Å². The van der Waals surface area contributed by atoms with E-state index in [0.29, 0.717) is 6.42 Å². The number of carbonyl (C=O) groups excluding carboxylic acids is 5. The van der Waals surface area contributed by atoms with Crippen LogP contribution in [0.5, 0.6) is 0 Å². The Morgan fingerprint density at radius 3 is 2.18 bits per heavy atom. The summed E-state index contributed by atoms with van der Waals surface area (Å²) in [7, 11) is -2.31. The Labute approximate surface area is 265 Å². The van der Waals surface area contributed by atoms with Gasteiger partial charge in [0, 0.05) is 36.7 Å². The van der Waals surface area contributed by atoms with E-state index >= 15 is 0 Å². The van der Waals surface area contributed by atoms with Crippen LogP contribution >= 0.6 is 19.4 Å². The second kappa shape index (κ2) is 18.4. The SMILES string of the molecule is COC(=O)CCNC(=O)[C@H](C)C(C)(C)COP(C)(=O)OCCC(=O)N[C@@H](CSC(=O)C(C)(C)C)C(=O)CCc1ccccc1. The number of hydrogen-bond acceptors (Lipinski definition) is 10. The lowest BCUT2D eigenvalue weighted by Crippen LogP contribution is -2.43. The number of nitrogens with one attached hydrogen (secondary N) is 2. The van der Waals surface area contributed by atoms with Crippen molar-refractivity contribution in [3.63, 3.8) is 0 Å². The second-order valence-corrected chi connectivity index (χ2v) is 15.4. The van der Waals surface area contributed by atoms with Crippen LogP contribution in [0.4, 0.5) is 0 Å². The van der Waals surface area contributed by atoms with Gasteiger partial charge in [-0.05, 0) is 17.4 Å². The number of hydrogen-bond donors (Lipinski definition) is 2. The van der Waals surface area contributed by atoms with E-state index in [2.05, 4.69) is 15.4 Å². The summed E-state index contributed by atoms with van der Waals surface area (Å²) >= 11 is 1.01. The highest BCUT2D eigenvalue weighted by molar-refractivity contribution is 8.13. The topological polar surface area (TPSA) is 154 Å². The van der Waals surface area contributed by atoms with Gasteiger partial charge in [0.1, 0.15) is 0 Å². The van der Waals surface area contributed by atoms with Gasteiger partial charge in [-0.2, -0.15) is 0 Å². The lowest BCUT2D eigenvalue weighted by atomic mass is 9.80. The van der Waals surface area contributed by atoms with E-state index in [1.807, 2.05) is 30.3 Å². The first-order chi connectivity index (χ1) is 20.4. The maximum absolute atomic E-state index is 13.0. The van der Waals surface area contributed by atoms with Crippen LogP contribution in [0.2, 0.25) is 0 Å². The Morgan fingerprint density at radius 1 is 0.955 bits per heavy atom. The summed E-state index contributed by atoms with van der Waals surface area (Å²) in [6.45, 7) is 11.8. The summed E-state index contributed by atoms with van der Waals surface area (Å²) in [6, 6.07) is 8.65. The van der Waals surface area contributed by atoms with Crippen molar-refractivity contribution in [2.24, 2.45) is 16.7 Å². The highest BCUT2D eigenvalue weighted by Crippen LogP contribution is 2.46. The molecule has 1 unspecified atom stereocenters. The van der Waals surface area contributed by atoms with Crippen molar-refractivity contribution in [2.45, 2.75) is 73.3 Å². The third kappa shape index (κ3) is 15.5. The second-order valence-electron chi connectivity index (χ2n) is 12.4. The fourth-order valence-corrected chi connectivity index (χ4v) is 5.68. The zero-order valence-corrected chi connectivity index (χ0v) is 28.9. The molecule has 0 bridgehead atoms. The highest BCUT2D eigenvalue weighted by atomic mass is 32.2. The highest BCUT2D eigenvalue weighted by Gasteiger charge is 2.34. The molecule has 0 radical (unpaired) electrons. The molecule has 13 heteroatoms. The third-order valence-corrected chi connectivity index (χ3v) is 9.59. The first kappa shape index (κ1) is 39.5. The predicted molar refractivity (Wildman–Crippen MR) is 171 cm³/mol. The molecule has 0 aliphatic rings. The van der Waals surface area contributed by atoms with Gasteiger partial charge in [-0.3, -0.25) is 28.5 Å². The van der Waals surface area contributed by atoms with Gasteiger partial charge in [-0.1, -0.05) is 83.6 Å². The number of benzene rings is 1. The standard InChI is InChI=1S/C31H49N2O9PS/c1-22(28(37)32-18-16-27(36)40-7)31(5,6)21-42-43(8,39)41-19-17-26(35)33-24(20-44-29(38)30(2,3)4)25(34)15-14-23-12-10-9-11-13-23/h9-13,22,24H,14-21H2,1-8H3,(H,32,37)(H,33,35)/t22-,24-,43?/m0/s1. The third-order valence-electron chi connectivity index (χ3n) is 6.97. The van der Waals surface area contributed by atoms with Crippen molar-refractivity contribution < 1.29 is 42.3 Å². The zero-order chi connectivity index (χ0) is 33.6. The van der Waals surface area contributed by atoms with Crippen LogP contribution in [-0.2, 0) is 48.7 Å². The molecule has 0 spiro atoms. The first-order valence-corrected chi connectivity index (χ1v) is 17.6. The maximum atomic E-state index is 13.0. The minimum absolute atomic E-state index is 0.0495. The van der Waals surface area contributed by atoms with Crippen LogP contribution in [0.25, 0.3) is 0 Å². The van der Waals surface area contributed by atoms with E-state index < -0.39 is 42.3 Å². The largest absolute Gasteiger partial charge is 0.469 e. The lowest BCUT2D eigenvalue weighted by molar-refractivity contribution is -0.140. The van der Waals surface area contributed by atoms with E-state index in [9.17, 15) is 28.5 Å². The minimum atomic E-state index is -3.58. The van der Waals surface area contributed by atoms with Crippen LogP contribution in [-0.4, -0.2) is 74.0 Å². The molecule has 3 atom stereocenters. The number of thioether (sulfide) groups is 1. The Kier molecular flexibility index (Phi) is 16.6. The smallest absolute Gasteiger partial charge is 0.327 e. The molecule has 0 aliphatic heterocycles. The summed E-state index contributed by atoms with van der Waals surface area (Å²) in [5, 5.41) is 5.30. The number of rotatable bonds is 19. The normalized spacial score (nSPS) is 14.5. The number of esters is 1. The Balaban J connectivity index is 2.64. The number of ketones is 1. The molecule has 44 heavy (non-hydrogen) atoms. The number of carbonyl (C=O) groups is 5. The van der Waals surface area contributed by atoms with E-state index in [0.717, 1.165) is 17.3 Å². The molecule has 1 rings (SSSR count). The van der Waals surface area contributed by atoms with Crippen molar-refractivity contribution in [1.82, 2.24) is 10.6 Å². The molecule has 0 fully saturated rings. The van der Waals surface area contributed by atoms with E-state index in [1.54, 1.807) is 41.5 Å². The molecule has 248 valence electrons. The van der Waals surface area contributed by atoms with Gasteiger partial charge >= 0.3 is 13.6 Å². The van der Waals surface area contributed by atoms with Crippen molar-refractivity contribution in [1.29, 1.82) is 0 Å². The van der Waals surface area contributed by atoms with Crippen LogP contribution in [0.1, 0.15) is 66.4 Å². The number of amides is 2. The molecule has 0 heterocycles. The van der Waals surface area contributed by atoms with Crippen LogP contribution in [0.15, 0.2) is 30.3 Å². The van der Waals surface area contributed by atoms with Crippen molar-refractivity contribution in [2.75, 3.05) is 39.3 Å². The fraction of sp³-hybridized carbons (Fsp3) is 0.645. The van der Waals surface area contributed by atoms with Crippen molar-refractivity contribution >= 4 is 48.0 Å². The average Bonchev–Trinajstić information content (AvgIpc) is 2.96. The lowest BCUT2D eigenvalue weighted by Gasteiger charge is -2.31. The molecular formula is C31H49N2O9PS. The molecule has 11 nitrogen and oxygen atoms in total. The molecule has 0 saturated heterocycles. The fourth-order valence-electron chi connectivity index (χ4n) is 3.59.